The van der Waals surface area contributed by atoms with Crippen LogP contribution in [0.5, 0.6) is 0 Å². The standard InChI is InChI=1S/C29H32N8O5/c1-2-31-29(40)36-26-25-27(34-17-33-26)37(18-35-25)16-23-22(41-24(42-23)11-10-19-7-4-3-5-8-19)12-14-30-15-21-20(28(38)39)9-6-13-32-21/h3-11,13,17-18,22-24,30H,2,12,14-16H2,1H3,(H,38,39)(H2,31,33,34,36,40)/b11-10+/t22?,23?,24-/m0/s1. The molecule has 0 spiro atoms. The lowest BCUT2D eigenvalue weighted by molar-refractivity contribution is -0.0299. The van der Waals surface area contributed by atoms with Gasteiger partial charge in [-0.1, -0.05) is 36.4 Å². The highest BCUT2D eigenvalue weighted by Gasteiger charge is 2.35. The summed E-state index contributed by atoms with van der Waals surface area (Å²) in [7, 11) is 0. The van der Waals surface area contributed by atoms with E-state index in [-0.39, 0.29) is 23.8 Å². The number of amides is 2. The number of nitrogens with zero attached hydrogens (tertiary/aromatic N) is 5. The van der Waals surface area contributed by atoms with Crippen molar-refractivity contribution in [2.24, 2.45) is 0 Å². The number of hydrogen-bond donors (Lipinski definition) is 4. The van der Waals surface area contributed by atoms with Crippen LogP contribution in [0.3, 0.4) is 0 Å². The molecule has 0 radical (unpaired) electrons. The normalized spacial score (nSPS) is 18.5. The number of hydrogen-bond acceptors (Lipinski definition) is 9. The highest BCUT2D eigenvalue weighted by atomic mass is 16.7. The number of carboxylic acid groups (broad SMARTS) is 1. The molecule has 42 heavy (non-hydrogen) atoms. The summed E-state index contributed by atoms with van der Waals surface area (Å²) in [5, 5.41) is 18.1. The molecule has 1 aliphatic heterocycles. The molecule has 4 N–H and O–H groups in total. The van der Waals surface area contributed by atoms with Crippen LogP contribution in [-0.4, -0.2) is 73.2 Å². The number of carbonyl (C=O) groups is 2. The van der Waals surface area contributed by atoms with Crippen molar-refractivity contribution in [2.75, 3.05) is 18.4 Å². The first-order chi connectivity index (χ1) is 20.5. The van der Waals surface area contributed by atoms with Gasteiger partial charge in [-0.25, -0.2) is 24.5 Å². The van der Waals surface area contributed by atoms with Gasteiger partial charge in [0.15, 0.2) is 23.3 Å². The van der Waals surface area contributed by atoms with Gasteiger partial charge < -0.3 is 29.8 Å². The van der Waals surface area contributed by atoms with E-state index in [1.54, 1.807) is 18.6 Å². The highest BCUT2D eigenvalue weighted by molar-refractivity contribution is 5.95. The summed E-state index contributed by atoms with van der Waals surface area (Å²) < 4.78 is 14.4. The molecule has 218 valence electrons. The van der Waals surface area contributed by atoms with E-state index in [0.29, 0.717) is 55.3 Å². The molecule has 13 nitrogen and oxygen atoms in total. The smallest absolute Gasteiger partial charge is 0.337 e. The Bertz CT molecular complexity index is 1540. The average Bonchev–Trinajstić information content (AvgIpc) is 3.59. The van der Waals surface area contributed by atoms with Gasteiger partial charge in [0.05, 0.1) is 30.2 Å². The quantitative estimate of drug-likeness (QED) is 0.185. The van der Waals surface area contributed by atoms with Gasteiger partial charge in [-0.2, -0.15) is 0 Å². The summed E-state index contributed by atoms with van der Waals surface area (Å²) >= 11 is 0. The second-order valence-electron chi connectivity index (χ2n) is 9.53. The number of fused-ring (bicyclic) bond motifs is 1. The number of ether oxygens (including phenoxy) is 2. The minimum atomic E-state index is -1.01. The third-order valence-corrected chi connectivity index (χ3v) is 6.64. The molecule has 1 aliphatic rings. The number of carboxylic acids is 1. The van der Waals surface area contributed by atoms with Gasteiger partial charge in [-0.3, -0.25) is 10.3 Å². The van der Waals surface area contributed by atoms with Crippen molar-refractivity contribution < 1.29 is 24.2 Å². The van der Waals surface area contributed by atoms with E-state index >= 15 is 0 Å². The fourth-order valence-corrected chi connectivity index (χ4v) is 4.65. The Morgan fingerprint density at radius 2 is 1.88 bits per heavy atom. The molecule has 3 aromatic heterocycles. The van der Waals surface area contributed by atoms with Gasteiger partial charge in [-0.15, -0.1) is 0 Å². The molecule has 1 fully saturated rings. The summed E-state index contributed by atoms with van der Waals surface area (Å²) in [6.07, 6.45) is 7.85. The molecule has 0 saturated carbocycles. The highest BCUT2D eigenvalue weighted by Crippen LogP contribution is 2.26. The molecule has 13 heteroatoms. The topological polar surface area (TPSA) is 165 Å². The molecule has 4 aromatic rings. The SMILES string of the molecule is CCNC(=O)Nc1ncnc2c1ncn2CC1O[C@@H](/C=C/c2ccccc2)OC1CCNCc1ncccc1C(=O)O. The van der Waals surface area contributed by atoms with Gasteiger partial charge >= 0.3 is 12.0 Å². The van der Waals surface area contributed by atoms with E-state index < -0.39 is 12.3 Å². The molecular weight excluding hydrogens is 540 g/mol. The summed E-state index contributed by atoms with van der Waals surface area (Å²) in [4.78, 5) is 40.8. The molecule has 1 saturated heterocycles. The Kier molecular flexibility index (Phi) is 9.44. The minimum Gasteiger partial charge on any atom is -0.478 e. The first kappa shape index (κ1) is 28.8. The number of rotatable bonds is 12. The Balaban J connectivity index is 1.28. The molecule has 5 rings (SSSR count). The molecule has 3 atom stereocenters. The van der Waals surface area contributed by atoms with E-state index in [4.69, 9.17) is 9.47 Å². The zero-order valence-electron chi connectivity index (χ0n) is 23.0. The zero-order valence-corrected chi connectivity index (χ0v) is 23.0. The molecule has 0 bridgehead atoms. The van der Waals surface area contributed by atoms with E-state index in [2.05, 4.69) is 35.9 Å². The molecular formula is C29H32N8O5. The van der Waals surface area contributed by atoms with Gasteiger partial charge in [0.25, 0.3) is 0 Å². The van der Waals surface area contributed by atoms with Crippen LogP contribution in [0.1, 0.15) is 35.0 Å². The number of benzene rings is 1. The zero-order chi connectivity index (χ0) is 29.3. The molecule has 2 unspecified atom stereocenters. The van der Waals surface area contributed by atoms with Crippen molar-refractivity contribution in [2.45, 2.75) is 44.9 Å². The van der Waals surface area contributed by atoms with E-state index in [0.717, 1.165) is 5.56 Å². The predicted octanol–water partition coefficient (Wildman–Crippen LogP) is 3.06. The Morgan fingerprint density at radius 3 is 2.69 bits per heavy atom. The number of nitrogens with one attached hydrogen (secondary N) is 3. The lowest BCUT2D eigenvalue weighted by atomic mass is 10.1. The van der Waals surface area contributed by atoms with Gasteiger partial charge in [-0.05, 0) is 43.7 Å². The van der Waals surface area contributed by atoms with Gasteiger partial charge in [0, 0.05) is 19.3 Å². The van der Waals surface area contributed by atoms with Crippen molar-refractivity contribution >= 4 is 35.1 Å². The maximum absolute atomic E-state index is 12.1. The van der Waals surface area contributed by atoms with Crippen LogP contribution >= 0.6 is 0 Å². The third kappa shape index (κ3) is 7.13. The van der Waals surface area contributed by atoms with Crippen LogP contribution in [0.4, 0.5) is 10.6 Å². The van der Waals surface area contributed by atoms with E-state index in [1.165, 1.54) is 12.4 Å². The second kappa shape index (κ2) is 13.8. The van der Waals surface area contributed by atoms with Gasteiger partial charge in [0.1, 0.15) is 12.4 Å². The second-order valence-corrected chi connectivity index (χ2v) is 9.53. The number of imidazole rings is 1. The first-order valence-electron chi connectivity index (χ1n) is 13.6. The lowest BCUT2D eigenvalue weighted by Gasteiger charge is -2.18. The summed E-state index contributed by atoms with van der Waals surface area (Å²) in [5.41, 5.74) is 2.68. The van der Waals surface area contributed by atoms with Crippen molar-refractivity contribution in [3.05, 3.63) is 84.2 Å². The van der Waals surface area contributed by atoms with Crippen molar-refractivity contribution in [3.8, 4) is 0 Å². The third-order valence-electron chi connectivity index (χ3n) is 6.64. The average molecular weight is 573 g/mol. The minimum absolute atomic E-state index is 0.171. The van der Waals surface area contributed by atoms with Crippen LogP contribution in [-0.2, 0) is 22.6 Å². The largest absolute Gasteiger partial charge is 0.478 e. The van der Waals surface area contributed by atoms with Crippen LogP contribution in [0.25, 0.3) is 17.2 Å². The number of anilines is 1. The Hall–Kier alpha value is -4.72. The van der Waals surface area contributed by atoms with E-state index in [1.807, 2.05) is 54.0 Å². The number of aromatic carboxylic acids is 1. The molecule has 4 heterocycles. The predicted molar refractivity (Wildman–Crippen MR) is 155 cm³/mol. The monoisotopic (exact) mass is 572 g/mol. The lowest BCUT2D eigenvalue weighted by Crippen LogP contribution is -2.31. The summed E-state index contributed by atoms with van der Waals surface area (Å²) in [5.74, 6) is -0.700. The van der Waals surface area contributed by atoms with Crippen molar-refractivity contribution in [3.63, 3.8) is 0 Å². The number of pyridine rings is 1. The van der Waals surface area contributed by atoms with Crippen LogP contribution in [0.15, 0.2) is 67.4 Å². The fourth-order valence-electron chi connectivity index (χ4n) is 4.65. The van der Waals surface area contributed by atoms with Crippen LogP contribution in [0.2, 0.25) is 0 Å². The number of aromatic nitrogens is 5. The Labute approximate surface area is 242 Å². The van der Waals surface area contributed by atoms with E-state index in [9.17, 15) is 14.7 Å². The fraction of sp³-hybridized carbons (Fsp3) is 0.310. The first-order valence-corrected chi connectivity index (χ1v) is 13.6. The Morgan fingerprint density at radius 1 is 1.05 bits per heavy atom. The van der Waals surface area contributed by atoms with Crippen LogP contribution < -0.4 is 16.0 Å². The summed E-state index contributed by atoms with van der Waals surface area (Å²) in [6, 6.07) is 12.6. The van der Waals surface area contributed by atoms with Crippen molar-refractivity contribution in [1.29, 1.82) is 0 Å². The molecule has 2 amide bonds. The maximum atomic E-state index is 12.1. The molecule has 1 aromatic carbocycles. The number of urea groups is 1. The van der Waals surface area contributed by atoms with Crippen LogP contribution in [0, 0.1) is 0 Å². The van der Waals surface area contributed by atoms with Crippen molar-refractivity contribution in [1.82, 2.24) is 35.1 Å². The number of carbonyl (C=O) groups excluding carboxylic acids is 1. The van der Waals surface area contributed by atoms with Gasteiger partial charge in [0.2, 0.25) is 0 Å². The molecule has 0 aliphatic carbocycles. The summed E-state index contributed by atoms with van der Waals surface area (Å²) in [6.45, 7) is 3.56. The maximum Gasteiger partial charge on any atom is 0.337 e.